The van der Waals surface area contributed by atoms with Crippen molar-refractivity contribution in [1.29, 1.82) is 0 Å². The second-order valence-electron chi connectivity index (χ2n) is 10.7. The van der Waals surface area contributed by atoms with E-state index in [9.17, 15) is 0 Å². The van der Waals surface area contributed by atoms with Gasteiger partial charge in [0.1, 0.15) is 18.2 Å². The van der Waals surface area contributed by atoms with Gasteiger partial charge in [-0.1, -0.05) is 52.8 Å². The highest BCUT2D eigenvalue weighted by Gasteiger charge is 2.42. The van der Waals surface area contributed by atoms with Crippen molar-refractivity contribution in [2.24, 2.45) is 7.05 Å². The maximum absolute atomic E-state index is 6.66. The molecule has 0 saturated carbocycles. The van der Waals surface area contributed by atoms with Crippen LogP contribution in [0, 0.1) is 6.92 Å². The summed E-state index contributed by atoms with van der Waals surface area (Å²) in [6.45, 7) is 14.2. The van der Waals surface area contributed by atoms with Gasteiger partial charge in [0.25, 0.3) is 0 Å². The van der Waals surface area contributed by atoms with Crippen LogP contribution in [0.2, 0.25) is 0 Å². The molecule has 0 fully saturated rings. The van der Waals surface area contributed by atoms with Gasteiger partial charge in [-0.05, 0) is 65.3 Å². The molecule has 160 valence electrons. The lowest BCUT2D eigenvalue weighted by molar-refractivity contribution is -0.660. The number of aromatic nitrogens is 1. The van der Waals surface area contributed by atoms with Crippen molar-refractivity contribution < 1.29 is 8.98 Å². The summed E-state index contributed by atoms with van der Waals surface area (Å²) in [7, 11) is 2.15. The minimum absolute atomic E-state index is 0.118. The van der Waals surface area contributed by atoms with E-state index in [1.807, 2.05) is 0 Å². The quantitative estimate of drug-likeness (QED) is 0.316. The number of hydrogen-bond acceptors (Lipinski definition) is 1. The Labute approximate surface area is 185 Å². The van der Waals surface area contributed by atoms with Crippen molar-refractivity contribution >= 4 is 21.9 Å². The van der Waals surface area contributed by atoms with E-state index in [1.165, 1.54) is 57.1 Å². The van der Waals surface area contributed by atoms with E-state index < -0.39 is 0 Å². The summed E-state index contributed by atoms with van der Waals surface area (Å²) >= 11 is 0. The van der Waals surface area contributed by atoms with Crippen LogP contribution >= 0.6 is 0 Å². The Balaban J connectivity index is 2.05. The molecule has 0 aliphatic heterocycles. The van der Waals surface area contributed by atoms with Gasteiger partial charge in [-0.15, -0.1) is 0 Å². The lowest BCUT2D eigenvalue weighted by Crippen LogP contribution is -2.36. The molecule has 5 rings (SSSR count). The third-order valence-electron chi connectivity index (χ3n) is 7.68. The van der Waals surface area contributed by atoms with E-state index in [0.29, 0.717) is 0 Å². The molecule has 0 atom stereocenters. The summed E-state index contributed by atoms with van der Waals surface area (Å²) in [5.74, 6) is 0. The van der Waals surface area contributed by atoms with Crippen LogP contribution in [0.15, 0.2) is 47.0 Å². The Morgan fingerprint density at radius 2 is 1.65 bits per heavy atom. The fourth-order valence-corrected chi connectivity index (χ4v) is 5.87. The zero-order valence-corrected chi connectivity index (χ0v) is 20.0. The van der Waals surface area contributed by atoms with Crippen LogP contribution < -0.4 is 4.57 Å². The molecule has 1 aliphatic carbocycles. The molecule has 2 heteroatoms. The average molecular weight is 413 g/mol. The zero-order chi connectivity index (χ0) is 22.1. The lowest BCUT2D eigenvalue weighted by Gasteiger charge is -2.43. The summed E-state index contributed by atoms with van der Waals surface area (Å²) in [5, 5.41) is 2.57. The van der Waals surface area contributed by atoms with Crippen molar-refractivity contribution in [2.45, 2.75) is 71.6 Å². The van der Waals surface area contributed by atoms with Gasteiger partial charge in [-0.3, -0.25) is 0 Å². The standard InChI is InChI=1S/C29H34NO/c1-8-19-13-16-30(7)21(17-19)23-18(2)25-26(29(5,6)15-14-28(25,3)4)24-20-11-9-10-12-22(20)31-27(23)24/h9-13,16-17H,8,14-15H2,1-7H3/q+1. The van der Waals surface area contributed by atoms with E-state index in [2.05, 4.69) is 95.8 Å². The normalized spacial score (nSPS) is 17.3. The Kier molecular flexibility index (Phi) is 4.38. The van der Waals surface area contributed by atoms with Gasteiger partial charge >= 0.3 is 0 Å². The van der Waals surface area contributed by atoms with Crippen LogP contribution in [0.3, 0.4) is 0 Å². The van der Waals surface area contributed by atoms with Crippen molar-refractivity contribution in [3.63, 3.8) is 0 Å². The van der Waals surface area contributed by atoms with Crippen molar-refractivity contribution in [3.8, 4) is 11.3 Å². The molecule has 0 bridgehead atoms. The molecular weight excluding hydrogens is 378 g/mol. The maximum Gasteiger partial charge on any atom is 0.216 e. The predicted octanol–water partition coefficient (Wildman–Crippen LogP) is 7.30. The van der Waals surface area contributed by atoms with Gasteiger partial charge in [-0.2, -0.15) is 0 Å². The summed E-state index contributed by atoms with van der Waals surface area (Å²) in [5.41, 5.74) is 10.5. The average Bonchev–Trinajstić information content (AvgIpc) is 3.10. The molecule has 0 unspecified atom stereocenters. The number of fused-ring (bicyclic) bond motifs is 5. The van der Waals surface area contributed by atoms with Crippen molar-refractivity contribution in [3.05, 3.63) is 64.8 Å². The Hall–Kier alpha value is -2.61. The van der Waals surface area contributed by atoms with Crippen LogP contribution in [0.1, 0.15) is 69.7 Å². The molecule has 31 heavy (non-hydrogen) atoms. The number of benzene rings is 2. The minimum Gasteiger partial charge on any atom is -0.455 e. The van der Waals surface area contributed by atoms with Crippen LogP contribution in [0.4, 0.5) is 0 Å². The topological polar surface area (TPSA) is 17.0 Å². The summed E-state index contributed by atoms with van der Waals surface area (Å²) < 4.78 is 8.91. The Bertz CT molecular complexity index is 1340. The van der Waals surface area contributed by atoms with E-state index in [1.54, 1.807) is 0 Å². The molecule has 2 aromatic heterocycles. The molecule has 0 spiro atoms. The number of rotatable bonds is 2. The Morgan fingerprint density at radius 3 is 2.35 bits per heavy atom. The molecule has 0 N–H and O–H groups in total. The van der Waals surface area contributed by atoms with E-state index in [-0.39, 0.29) is 10.8 Å². The highest BCUT2D eigenvalue weighted by molar-refractivity contribution is 6.12. The summed E-state index contributed by atoms with van der Waals surface area (Å²) in [6, 6.07) is 13.1. The van der Waals surface area contributed by atoms with Gasteiger partial charge in [-0.25, -0.2) is 4.57 Å². The highest BCUT2D eigenvalue weighted by Crippen LogP contribution is 2.54. The van der Waals surface area contributed by atoms with E-state index >= 15 is 0 Å². The first-order valence-electron chi connectivity index (χ1n) is 11.6. The first-order chi connectivity index (χ1) is 14.7. The fourth-order valence-electron chi connectivity index (χ4n) is 5.87. The molecule has 0 radical (unpaired) electrons. The number of nitrogens with zero attached hydrogens (tertiary/aromatic N) is 1. The molecular formula is C29H34NO+. The lowest BCUT2D eigenvalue weighted by atomic mass is 9.60. The SMILES string of the molecule is CCc1cc[n+](C)c(-c2c(C)c3c(c4c2oc2ccccc24)C(C)(C)CCC3(C)C)c1. The van der Waals surface area contributed by atoms with Gasteiger partial charge in [0.2, 0.25) is 5.69 Å². The predicted molar refractivity (Wildman–Crippen MR) is 130 cm³/mol. The second kappa shape index (κ2) is 6.69. The monoisotopic (exact) mass is 412 g/mol. The van der Waals surface area contributed by atoms with Crippen molar-refractivity contribution in [1.82, 2.24) is 0 Å². The van der Waals surface area contributed by atoms with Crippen LogP contribution in [0.25, 0.3) is 33.2 Å². The van der Waals surface area contributed by atoms with E-state index in [0.717, 1.165) is 17.6 Å². The molecule has 4 aromatic rings. The first-order valence-corrected chi connectivity index (χ1v) is 11.6. The molecule has 0 saturated heterocycles. The van der Waals surface area contributed by atoms with Crippen LogP contribution in [0.5, 0.6) is 0 Å². The van der Waals surface area contributed by atoms with E-state index in [4.69, 9.17) is 4.42 Å². The Morgan fingerprint density at radius 1 is 0.968 bits per heavy atom. The van der Waals surface area contributed by atoms with Crippen LogP contribution in [-0.4, -0.2) is 0 Å². The zero-order valence-electron chi connectivity index (χ0n) is 20.0. The molecule has 1 aliphatic rings. The first kappa shape index (κ1) is 20.3. The third-order valence-corrected chi connectivity index (χ3v) is 7.68. The van der Waals surface area contributed by atoms with Gasteiger partial charge in [0, 0.05) is 22.9 Å². The second-order valence-corrected chi connectivity index (χ2v) is 10.7. The minimum atomic E-state index is 0.118. The van der Waals surface area contributed by atoms with Gasteiger partial charge in [0.05, 0.1) is 5.56 Å². The number of furan rings is 1. The third kappa shape index (κ3) is 2.87. The molecule has 2 aromatic carbocycles. The summed E-state index contributed by atoms with van der Waals surface area (Å²) in [4.78, 5) is 0. The van der Waals surface area contributed by atoms with Crippen molar-refractivity contribution in [2.75, 3.05) is 0 Å². The molecule has 0 amide bonds. The number of hydrogen-bond donors (Lipinski definition) is 0. The smallest absolute Gasteiger partial charge is 0.216 e. The highest BCUT2D eigenvalue weighted by atomic mass is 16.3. The molecule has 2 nitrogen and oxygen atoms in total. The number of para-hydroxylation sites is 1. The number of aryl methyl sites for hydroxylation is 2. The van der Waals surface area contributed by atoms with Crippen LogP contribution in [-0.2, 0) is 24.3 Å². The summed E-state index contributed by atoms with van der Waals surface area (Å²) in [6.07, 6.45) is 5.62. The number of pyridine rings is 1. The van der Waals surface area contributed by atoms with Gasteiger partial charge < -0.3 is 4.42 Å². The fraction of sp³-hybridized carbons (Fsp3) is 0.414. The van der Waals surface area contributed by atoms with Gasteiger partial charge in [0.15, 0.2) is 6.20 Å². The largest absolute Gasteiger partial charge is 0.455 e. The maximum atomic E-state index is 6.66. The molecule has 2 heterocycles.